The summed E-state index contributed by atoms with van der Waals surface area (Å²) in [7, 11) is 0. The second-order valence-corrected chi connectivity index (χ2v) is 3.34. The highest BCUT2D eigenvalue weighted by Gasteiger charge is 2.44. The van der Waals surface area contributed by atoms with Crippen LogP contribution in [-0.2, 0) is 9.59 Å². The minimum atomic E-state index is -5.07. The van der Waals surface area contributed by atoms with Crippen molar-refractivity contribution >= 4 is 11.9 Å². The lowest BCUT2D eigenvalue weighted by atomic mass is 9.96. The Balaban J connectivity index is 4.71. The molecule has 0 aliphatic carbocycles. The first-order valence-corrected chi connectivity index (χ1v) is 4.26. The summed E-state index contributed by atoms with van der Waals surface area (Å²) in [5.41, 5.74) is -1.87. The maximum Gasteiger partial charge on any atom is 0.471 e. The molecule has 0 aromatic heterocycles. The molecule has 1 atom stereocenters. The zero-order chi connectivity index (χ0) is 12.3. The lowest BCUT2D eigenvalue weighted by molar-refractivity contribution is -0.177. The third-order valence-electron chi connectivity index (χ3n) is 1.87. The highest BCUT2D eigenvalue weighted by molar-refractivity contribution is 5.89. The van der Waals surface area contributed by atoms with Crippen LogP contribution >= 0.6 is 0 Å². The zero-order valence-corrected chi connectivity index (χ0v) is 8.31. The minimum absolute atomic E-state index is 0.0653. The average molecular weight is 227 g/mol. The van der Waals surface area contributed by atoms with Crippen LogP contribution in [0.5, 0.6) is 0 Å². The van der Waals surface area contributed by atoms with E-state index in [2.05, 4.69) is 0 Å². The smallest absolute Gasteiger partial charge is 0.471 e. The molecule has 7 heteroatoms. The molecule has 15 heavy (non-hydrogen) atoms. The van der Waals surface area contributed by atoms with Crippen molar-refractivity contribution in [1.82, 2.24) is 5.32 Å². The molecule has 0 rings (SSSR count). The third-order valence-corrected chi connectivity index (χ3v) is 1.87. The van der Waals surface area contributed by atoms with Gasteiger partial charge in [0.05, 0.1) is 0 Å². The zero-order valence-electron chi connectivity index (χ0n) is 8.31. The van der Waals surface area contributed by atoms with Gasteiger partial charge in [-0.1, -0.05) is 13.3 Å². The van der Waals surface area contributed by atoms with Gasteiger partial charge in [0.15, 0.2) is 0 Å². The predicted molar refractivity (Wildman–Crippen MR) is 45.1 cm³/mol. The van der Waals surface area contributed by atoms with Crippen molar-refractivity contribution in [1.29, 1.82) is 0 Å². The lowest BCUT2D eigenvalue weighted by Crippen LogP contribution is -2.55. The topological polar surface area (TPSA) is 66.4 Å². The van der Waals surface area contributed by atoms with Crippen molar-refractivity contribution in [3.8, 4) is 0 Å². The number of carbonyl (C=O) groups excluding carboxylic acids is 1. The largest absolute Gasteiger partial charge is 0.480 e. The van der Waals surface area contributed by atoms with Crippen LogP contribution in [0.2, 0.25) is 0 Å². The molecule has 0 heterocycles. The van der Waals surface area contributed by atoms with Crippen molar-refractivity contribution in [3.05, 3.63) is 0 Å². The van der Waals surface area contributed by atoms with Crippen LogP contribution < -0.4 is 5.32 Å². The SMILES string of the molecule is CCC[C@](C)(NC(=O)C(F)(F)F)C(=O)O. The highest BCUT2D eigenvalue weighted by atomic mass is 19.4. The Morgan fingerprint density at radius 3 is 2.07 bits per heavy atom. The maximum atomic E-state index is 11.9. The Labute approximate surface area is 84.5 Å². The van der Waals surface area contributed by atoms with Crippen LogP contribution in [0.15, 0.2) is 0 Å². The molecular weight excluding hydrogens is 215 g/mol. The highest BCUT2D eigenvalue weighted by Crippen LogP contribution is 2.19. The van der Waals surface area contributed by atoms with Gasteiger partial charge in [-0.2, -0.15) is 13.2 Å². The molecule has 0 aliphatic heterocycles. The van der Waals surface area contributed by atoms with E-state index in [1.165, 1.54) is 5.32 Å². The van der Waals surface area contributed by atoms with E-state index in [1.54, 1.807) is 6.92 Å². The van der Waals surface area contributed by atoms with E-state index in [0.29, 0.717) is 6.42 Å². The van der Waals surface area contributed by atoms with Gasteiger partial charge in [-0.15, -0.1) is 0 Å². The number of nitrogens with one attached hydrogen (secondary N) is 1. The summed E-state index contributed by atoms with van der Waals surface area (Å²) in [5, 5.41) is 10.2. The molecule has 0 saturated heterocycles. The van der Waals surface area contributed by atoms with E-state index in [-0.39, 0.29) is 6.42 Å². The van der Waals surface area contributed by atoms with E-state index in [4.69, 9.17) is 5.11 Å². The van der Waals surface area contributed by atoms with Gasteiger partial charge in [0.25, 0.3) is 0 Å². The quantitative estimate of drug-likeness (QED) is 0.760. The van der Waals surface area contributed by atoms with Crippen LogP contribution in [0.3, 0.4) is 0 Å². The van der Waals surface area contributed by atoms with E-state index >= 15 is 0 Å². The standard InChI is InChI=1S/C8H12F3NO3/c1-3-4-7(2,6(14)15)12-5(13)8(9,10)11/h3-4H2,1-2H3,(H,12,13)(H,14,15)/t7-/m0/s1. The summed E-state index contributed by atoms with van der Waals surface area (Å²) in [6.07, 6.45) is -4.78. The van der Waals surface area contributed by atoms with Crippen LogP contribution in [-0.4, -0.2) is 28.7 Å². The van der Waals surface area contributed by atoms with Gasteiger partial charge >= 0.3 is 18.1 Å². The van der Waals surface area contributed by atoms with Crippen LogP contribution in [0, 0.1) is 0 Å². The first kappa shape index (κ1) is 13.7. The molecule has 0 bridgehead atoms. The minimum Gasteiger partial charge on any atom is -0.480 e. The first-order chi connectivity index (χ1) is 6.63. The second-order valence-electron chi connectivity index (χ2n) is 3.34. The summed E-state index contributed by atoms with van der Waals surface area (Å²) in [4.78, 5) is 21.3. The number of carbonyl (C=O) groups is 2. The molecule has 88 valence electrons. The Kier molecular flexibility index (Phi) is 4.12. The average Bonchev–Trinajstić information content (AvgIpc) is 2.02. The van der Waals surface area contributed by atoms with Crippen molar-refractivity contribution in [2.45, 2.75) is 38.4 Å². The summed E-state index contributed by atoms with van der Waals surface area (Å²) >= 11 is 0. The second kappa shape index (κ2) is 4.50. The Hall–Kier alpha value is -1.27. The molecular formula is C8H12F3NO3. The molecule has 0 fully saturated rings. The third kappa shape index (κ3) is 3.77. The fourth-order valence-corrected chi connectivity index (χ4v) is 1.04. The van der Waals surface area contributed by atoms with E-state index in [0.717, 1.165) is 6.92 Å². The van der Waals surface area contributed by atoms with Crippen LogP contribution in [0.1, 0.15) is 26.7 Å². The fraction of sp³-hybridized carbons (Fsp3) is 0.750. The van der Waals surface area contributed by atoms with Gasteiger partial charge in [0.2, 0.25) is 0 Å². The van der Waals surface area contributed by atoms with E-state index in [9.17, 15) is 22.8 Å². The molecule has 1 amide bonds. The lowest BCUT2D eigenvalue weighted by Gasteiger charge is -2.26. The van der Waals surface area contributed by atoms with Gasteiger partial charge in [0, 0.05) is 0 Å². The molecule has 4 nitrogen and oxygen atoms in total. The number of aliphatic carboxylic acids is 1. The van der Waals surface area contributed by atoms with Crippen molar-refractivity contribution < 1.29 is 27.9 Å². The summed E-state index contributed by atoms with van der Waals surface area (Å²) < 4.78 is 35.6. The molecule has 0 spiro atoms. The number of hydrogen-bond donors (Lipinski definition) is 2. The first-order valence-electron chi connectivity index (χ1n) is 4.26. The normalized spacial score (nSPS) is 15.5. The maximum absolute atomic E-state index is 11.9. The number of amides is 1. The van der Waals surface area contributed by atoms with Crippen molar-refractivity contribution in [2.75, 3.05) is 0 Å². The molecule has 0 radical (unpaired) electrons. The number of hydrogen-bond acceptors (Lipinski definition) is 2. The fourth-order valence-electron chi connectivity index (χ4n) is 1.04. The summed E-state index contributed by atoms with van der Waals surface area (Å²) in [6.45, 7) is 2.66. The molecule has 0 aromatic carbocycles. The number of halogens is 3. The number of alkyl halides is 3. The van der Waals surface area contributed by atoms with E-state index < -0.39 is 23.6 Å². The van der Waals surface area contributed by atoms with Gasteiger partial charge in [-0.3, -0.25) is 4.79 Å². The van der Waals surface area contributed by atoms with Crippen molar-refractivity contribution in [2.24, 2.45) is 0 Å². The van der Waals surface area contributed by atoms with Crippen LogP contribution in [0.25, 0.3) is 0 Å². The Morgan fingerprint density at radius 2 is 1.80 bits per heavy atom. The monoisotopic (exact) mass is 227 g/mol. The molecule has 0 unspecified atom stereocenters. The number of carboxylic acid groups (broad SMARTS) is 1. The Bertz CT molecular complexity index is 264. The van der Waals surface area contributed by atoms with Crippen LogP contribution in [0.4, 0.5) is 13.2 Å². The van der Waals surface area contributed by atoms with Crippen molar-refractivity contribution in [3.63, 3.8) is 0 Å². The molecule has 0 saturated carbocycles. The number of carboxylic acids is 1. The van der Waals surface area contributed by atoms with Gasteiger partial charge in [0.1, 0.15) is 5.54 Å². The molecule has 2 N–H and O–H groups in total. The Morgan fingerprint density at radius 1 is 1.33 bits per heavy atom. The number of rotatable bonds is 4. The van der Waals surface area contributed by atoms with Gasteiger partial charge in [-0.05, 0) is 13.3 Å². The molecule has 0 aromatic rings. The predicted octanol–water partition coefficient (Wildman–Crippen LogP) is 1.31. The van der Waals surface area contributed by atoms with Gasteiger partial charge in [-0.25, -0.2) is 4.79 Å². The van der Waals surface area contributed by atoms with Gasteiger partial charge < -0.3 is 10.4 Å². The summed E-state index contributed by atoms with van der Waals surface area (Å²) in [6, 6.07) is 0. The van der Waals surface area contributed by atoms with E-state index in [1.807, 2.05) is 0 Å². The molecule has 0 aliphatic rings. The summed E-state index contributed by atoms with van der Waals surface area (Å²) in [5.74, 6) is -3.72.